The molecule has 100 valence electrons. The largest absolute Gasteiger partial charge is 0.377 e. The predicted molar refractivity (Wildman–Crippen MR) is 76.9 cm³/mol. The van der Waals surface area contributed by atoms with Gasteiger partial charge in [-0.3, -0.25) is 4.79 Å². The second kappa shape index (κ2) is 7.74. The van der Waals surface area contributed by atoms with E-state index in [1.165, 1.54) is 0 Å². The van der Waals surface area contributed by atoms with E-state index in [1.807, 2.05) is 13.0 Å². The van der Waals surface area contributed by atoms with E-state index in [0.29, 0.717) is 23.9 Å². The number of halogens is 2. The molecule has 0 radical (unpaired) electrons. The van der Waals surface area contributed by atoms with Crippen molar-refractivity contribution >= 4 is 39.1 Å². The number of nitrogens with one attached hydrogen (secondary N) is 1. The highest BCUT2D eigenvalue weighted by molar-refractivity contribution is 9.10. The maximum atomic E-state index is 11.8. The number of amides is 1. The summed E-state index contributed by atoms with van der Waals surface area (Å²) in [6.45, 7) is 2.72. The van der Waals surface area contributed by atoms with Gasteiger partial charge in [-0.05, 0) is 25.1 Å². The molecule has 1 unspecified atom stereocenters. The van der Waals surface area contributed by atoms with Crippen molar-refractivity contribution in [1.29, 1.82) is 0 Å². The van der Waals surface area contributed by atoms with E-state index in [-0.39, 0.29) is 18.4 Å². The zero-order valence-corrected chi connectivity index (χ0v) is 12.4. The maximum Gasteiger partial charge on any atom is 0.227 e. The average Bonchev–Trinajstić information content (AvgIpc) is 2.32. The van der Waals surface area contributed by atoms with Crippen molar-refractivity contribution in [3.8, 4) is 0 Å². The molecule has 1 aromatic rings. The van der Waals surface area contributed by atoms with Gasteiger partial charge in [-0.2, -0.15) is 0 Å². The van der Waals surface area contributed by atoms with E-state index in [1.54, 1.807) is 12.1 Å². The summed E-state index contributed by atoms with van der Waals surface area (Å²) in [7, 11) is 0. The Morgan fingerprint density at radius 3 is 2.89 bits per heavy atom. The Morgan fingerprint density at radius 2 is 2.33 bits per heavy atom. The van der Waals surface area contributed by atoms with Crippen LogP contribution in [-0.4, -0.2) is 25.2 Å². The Hall–Kier alpha value is -0.620. The highest BCUT2D eigenvalue weighted by atomic mass is 79.9. The molecule has 4 nitrogen and oxygen atoms in total. The Bertz CT molecular complexity index is 415. The highest BCUT2D eigenvalue weighted by Crippen LogP contribution is 2.25. The zero-order valence-electron chi connectivity index (χ0n) is 10.1. The number of carbonyl (C=O) groups is 1. The van der Waals surface area contributed by atoms with Gasteiger partial charge in [-0.15, -0.1) is 0 Å². The van der Waals surface area contributed by atoms with E-state index in [2.05, 4.69) is 21.2 Å². The van der Waals surface area contributed by atoms with Gasteiger partial charge < -0.3 is 15.8 Å². The molecule has 1 atom stereocenters. The molecule has 0 aliphatic carbocycles. The van der Waals surface area contributed by atoms with Crippen LogP contribution in [0.1, 0.15) is 13.3 Å². The number of carbonyl (C=O) groups excluding carboxylic acids is 1. The highest BCUT2D eigenvalue weighted by Gasteiger charge is 2.13. The van der Waals surface area contributed by atoms with Crippen molar-refractivity contribution in [1.82, 2.24) is 0 Å². The molecule has 1 rings (SSSR count). The van der Waals surface area contributed by atoms with Crippen LogP contribution < -0.4 is 11.1 Å². The van der Waals surface area contributed by atoms with Crippen molar-refractivity contribution in [3.05, 3.63) is 27.7 Å². The van der Waals surface area contributed by atoms with E-state index < -0.39 is 0 Å². The summed E-state index contributed by atoms with van der Waals surface area (Å²) < 4.78 is 6.18. The molecule has 0 heterocycles. The molecule has 6 heteroatoms. The lowest BCUT2D eigenvalue weighted by molar-refractivity contribution is -0.118. The van der Waals surface area contributed by atoms with Gasteiger partial charge in [0.05, 0.1) is 23.2 Å². The predicted octanol–water partition coefficient (Wildman–Crippen LogP) is 2.79. The van der Waals surface area contributed by atoms with Crippen LogP contribution in [0.25, 0.3) is 0 Å². The molecule has 0 aliphatic rings. The zero-order chi connectivity index (χ0) is 13.5. The third-order valence-corrected chi connectivity index (χ3v) is 3.09. The lowest BCUT2D eigenvalue weighted by Crippen LogP contribution is -2.29. The first-order chi connectivity index (χ1) is 8.56. The summed E-state index contributed by atoms with van der Waals surface area (Å²) in [5.41, 5.74) is 6.09. The first-order valence-electron chi connectivity index (χ1n) is 5.63. The average molecular weight is 336 g/mol. The Kier molecular flexibility index (Phi) is 6.63. The van der Waals surface area contributed by atoms with Crippen LogP contribution in [0.3, 0.4) is 0 Å². The normalized spacial score (nSPS) is 12.2. The quantitative estimate of drug-likeness (QED) is 0.840. The van der Waals surface area contributed by atoms with Crippen LogP contribution in [0.2, 0.25) is 5.02 Å². The molecular formula is C12H16BrClN2O2. The van der Waals surface area contributed by atoms with Gasteiger partial charge in [0, 0.05) is 17.6 Å². The van der Waals surface area contributed by atoms with Gasteiger partial charge in [-0.1, -0.05) is 27.5 Å². The molecule has 1 amide bonds. The summed E-state index contributed by atoms with van der Waals surface area (Å²) in [6, 6.07) is 5.27. The molecule has 0 fully saturated rings. The van der Waals surface area contributed by atoms with Crippen LogP contribution in [-0.2, 0) is 9.53 Å². The minimum atomic E-state index is -0.260. The number of hydrogen-bond donors (Lipinski definition) is 2. The fourth-order valence-corrected chi connectivity index (χ4v) is 2.17. The van der Waals surface area contributed by atoms with Crippen molar-refractivity contribution in [2.24, 2.45) is 5.73 Å². The monoisotopic (exact) mass is 334 g/mol. The Labute approximate surface area is 120 Å². The fourth-order valence-electron chi connectivity index (χ4n) is 1.44. The Morgan fingerprint density at radius 1 is 1.61 bits per heavy atom. The molecule has 0 saturated carbocycles. The van der Waals surface area contributed by atoms with Gasteiger partial charge in [-0.25, -0.2) is 0 Å². The van der Waals surface area contributed by atoms with Crippen LogP contribution in [0.4, 0.5) is 5.69 Å². The first-order valence-corrected chi connectivity index (χ1v) is 6.80. The molecule has 0 aliphatic heterocycles. The molecule has 0 aromatic heterocycles. The lowest BCUT2D eigenvalue weighted by Gasteiger charge is -2.14. The third-order valence-electron chi connectivity index (χ3n) is 2.28. The van der Waals surface area contributed by atoms with Crippen LogP contribution in [0, 0.1) is 0 Å². The molecule has 3 N–H and O–H groups in total. The van der Waals surface area contributed by atoms with Gasteiger partial charge in [0.2, 0.25) is 5.91 Å². The van der Waals surface area contributed by atoms with E-state index >= 15 is 0 Å². The van der Waals surface area contributed by atoms with Crippen molar-refractivity contribution < 1.29 is 9.53 Å². The van der Waals surface area contributed by atoms with Gasteiger partial charge in [0.25, 0.3) is 0 Å². The summed E-state index contributed by atoms with van der Waals surface area (Å²) >= 11 is 9.31. The van der Waals surface area contributed by atoms with E-state index in [0.717, 1.165) is 4.47 Å². The number of hydrogen-bond acceptors (Lipinski definition) is 3. The lowest BCUT2D eigenvalue weighted by atomic mass is 10.2. The fraction of sp³-hybridized carbons (Fsp3) is 0.417. The van der Waals surface area contributed by atoms with Crippen LogP contribution in [0.5, 0.6) is 0 Å². The summed E-state index contributed by atoms with van der Waals surface area (Å²) in [5, 5.41) is 3.22. The molecule has 0 bridgehead atoms. The van der Waals surface area contributed by atoms with Gasteiger partial charge in [0.15, 0.2) is 0 Å². The Balaban J connectivity index is 2.58. The van der Waals surface area contributed by atoms with Crippen LogP contribution >= 0.6 is 27.5 Å². The number of rotatable bonds is 6. The topological polar surface area (TPSA) is 64.3 Å². The molecule has 0 saturated heterocycles. The molecule has 1 aromatic carbocycles. The number of anilines is 1. The summed E-state index contributed by atoms with van der Waals surface area (Å²) in [4.78, 5) is 11.8. The summed E-state index contributed by atoms with van der Waals surface area (Å²) in [6.07, 6.45) is -0.0410. The summed E-state index contributed by atoms with van der Waals surface area (Å²) in [5.74, 6) is -0.164. The van der Waals surface area contributed by atoms with Crippen molar-refractivity contribution in [3.63, 3.8) is 0 Å². The first kappa shape index (κ1) is 15.4. The third kappa shape index (κ3) is 4.94. The molecule has 0 spiro atoms. The molecule has 18 heavy (non-hydrogen) atoms. The second-order valence-corrected chi connectivity index (χ2v) is 5.01. The SMILES string of the molecule is CCOC(CN)CC(=O)Nc1ccc(Br)cc1Cl. The second-order valence-electron chi connectivity index (χ2n) is 3.69. The molecular weight excluding hydrogens is 320 g/mol. The standard InChI is InChI=1S/C12H16BrClN2O2/c1-2-18-9(7-15)6-12(17)16-11-4-3-8(13)5-10(11)14/h3-5,9H,2,6-7,15H2,1H3,(H,16,17). The van der Waals surface area contributed by atoms with Gasteiger partial charge in [0.1, 0.15) is 0 Å². The van der Waals surface area contributed by atoms with E-state index in [4.69, 9.17) is 22.1 Å². The minimum absolute atomic E-state index is 0.164. The van der Waals surface area contributed by atoms with Crippen LogP contribution in [0.15, 0.2) is 22.7 Å². The van der Waals surface area contributed by atoms with Crippen molar-refractivity contribution in [2.45, 2.75) is 19.4 Å². The van der Waals surface area contributed by atoms with Gasteiger partial charge >= 0.3 is 0 Å². The van der Waals surface area contributed by atoms with Crippen molar-refractivity contribution in [2.75, 3.05) is 18.5 Å². The number of nitrogens with two attached hydrogens (primary N) is 1. The van der Waals surface area contributed by atoms with E-state index in [9.17, 15) is 4.79 Å². The number of ether oxygens (including phenoxy) is 1. The smallest absolute Gasteiger partial charge is 0.227 e. The maximum absolute atomic E-state index is 11.8. The minimum Gasteiger partial charge on any atom is -0.377 e. The number of benzene rings is 1.